The number of hydrogen-bond acceptors (Lipinski definition) is 6. The molecule has 17 aromatic rings. The van der Waals surface area contributed by atoms with Gasteiger partial charge in [0.05, 0.1) is 33.4 Å². The van der Waals surface area contributed by atoms with E-state index in [4.69, 9.17) is 29.9 Å². The summed E-state index contributed by atoms with van der Waals surface area (Å²) in [5, 5.41) is 4.93. The lowest BCUT2D eigenvalue weighted by Gasteiger charge is -2.23. The molecule has 19 rings (SSSR count). The topological polar surface area (TPSA) is 87.2 Å². The predicted octanol–water partition coefficient (Wildman–Crippen LogP) is 22.2. The number of aromatic nitrogens is 8. The van der Waals surface area contributed by atoms with Crippen molar-refractivity contribution in [3.63, 3.8) is 0 Å². The van der Waals surface area contributed by atoms with Crippen molar-refractivity contribution in [2.24, 2.45) is 0 Å². The summed E-state index contributed by atoms with van der Waals surface area (Å²) >= 11 is 0. The van der Waals surface area contributed by atoms with Crippen LogP contribution in [-0.4, -0.2) is 39.0 Å². The lowest BCUT2D eigenvalue weighted by atomic mass is 9.80. The van der Waals surface area contributed by atoms with Gasteiger partial charge in [0.25, 0.3) is 0 Å². The standard InChI is InChI=1S/C90H62N8/c1-89(2)71-40-21-17-36-63(71)65-46-50-77-79(81(65)89)67-38-19-23-42-73(67)97(77)75-48-44-61(87-93-83(55-26-9-5-10-27-55)91-84(94-87)56-28-11-6-12-29-56)53-69(75)59-34-25-35-60(52-59)70-54-62(88-95-85(57-30-13-7-14-31-57)92-86(96-88)58-32-15-8-16-33-58)45-49-76(70)98-74-43-24-20-39-68(74)80-78(98)51-47-66-64-37-18-22-41-72(64)90(3,4)82(66)80/h5-54H,1-4H3. The highest BCUT2D eigenvalue weighted by atomic mass is 15.1. The fraction of sp³-hybridized carbons (Fsp3) is 0.0667. The van der Waals surface area contributed by atoms with E-state index < -0.39 is 0 Å². The van der Waals surface area contributed by atoms with E-state index in [-0.39, 0.29) is 10.8 Å². The Morgan fingerprint density at radius 2 is 0.541 bits per heavy atom. The average Bonchev–Trinajstić information content (AvgIpc) is 1.54. The van der Waals surface area contributed by atoms with Gasteiger partial charge in [-0.05, 0) is 122 Å². The molecular weight excluding hydrogens is 1190 g/mol. The molecule has 0 saturated carbocycles. The highest BCUT2D eigenvalue weighted by Gasteiger charge is 2.40. The molecule has 0 unspecified atom stereocenters. The number of rotatable bonds is 10. The molecule has 2 aliphatic rings. The van der Waals surface area contributed by atoms with E-state index in [0.717, 1.165) is 89.1 Å². The third-order valence-electron chi connectivity index (χ3n) is 20.6. The molecule has 8 nitrogen and oxygen atoms in total. The number of benzene rings is 13. The van der Waals surface area contributed by atoms with Gasteiger partial charge in [-0.15, -0.1) is 0 Å². The van der Waals surface area contributed by atoms with Gasteiger partial charge in [0.1, 0.15) is 0 Å². The van der Waals surface area contributed by atoms with Crippen LogP contribution in [0.4, 0.5) is 0 Å². The fourth-order valence-corrected chi connectivity index (χ4v) is 16.1. The molecule has 0 atom stereocenters. The van der Waals surface area contributed by atoms with Gasteiger partial charge in [-0.1, -0.05) is 264 Å². The van der Waals surface area contributed by atoms with Crippen LogP contribution in [0.5, 0.6) is 0 Å². The summed E-state index contributed by atoms with van der Waals surface area (Å²) in [5.41, 5.74) is 25.9. The highest BCUT2D eigenvalue weighted by molar-refractivity contribution is 6.16. The first-order chi connectivity index (χ1) is 48.1. The first-order valence-electron chi connectivity index (χ1n) is 33.6. The van der Waals surface area contributed by atoms with Gasteiger partial charge in [-0.2, -0.15) is 0 Å². The van der Waals surface area contributed by atoms with Crippen molar-refractivity contribution in [1.82, 2.24) is 39.0 Å². The molecule has 0 bridgehead atoms. The van der Waals surface area contributed by atoms with Crippen molar-refractivity contribution in [2.45, 2.75) is 38.5 Å². The number of para-hydroxylation sites is 2. The average molecular weight is 1260 g/mol. The number of hydrogen-bond donors (Lipinski definition) is 0. The summed E-state index contributed by atoms with van der Waals surface area (Å²) in [6, 6.07) is 109. The van der Waals surface area contributed by atoms with E-state index in [0.29, 0.717) is 34.9 Å². The maximum absolute atomic E-state index is 5.34. The summed E-state index contributed by atoms with van der Waals surface area (Å²) < 4.78 is 4.98. The minimum Gasteiger partial charge on any atom is -0.309 e. The van der Waals surface area contributed by atoms with E-state index in [1.54, 1.807) is 0 Å². The van der Waals surface area contributed by atoms with E-state index in [2.05, 4.69) is 267 Å². The van der Waals surface area contributed by atoms with Crippen LogP contribution in [0, 0.1) is 0 Å². The molecule has 8 heteroatoms. The Morgan fingerprint density at radius 3 is 0.918 bits per heavy atom. The van der Waals surface area contributed by atoms with E-state index in [9.17, 15) is 0 Å². The molecule has 13 aromatic carbocycles. The maximum Gasteiger partial charge on any atom is 0.164 e. The second-order valence-corrected chi connectivity index (χ2v) is 26.9. The van der Waals surface area contributed by atoms with Crippen LogP contribution in [-0.2, 0) is 10.8 Å². The fourth-order valence-electron chi connectivity index (χ4n) is 16.1. The monoisotopic (exact) mass is 1250 g/mol. The Hall–Kier alpha value is -12.5. The van der Waals surface area contributed by atoms with Gasteiger partial charge in [0, 0.05) is 76.9 Å². The quantitative estimate of drug-likeness (QED) is 0.136. The van der Waals surface area contributed by atoms with Gasteiger partial charge in [-0.3, -0.25) is 0 Å². The molecule has 0 saturated heterocycles. The van der Waals surface area contributed by atoms with Gasteiger partial charge in [-0.25, -0.2) is 29.9 Å². The minimum absolute atomic E-state index is 0.260. The Balaban J connectivity index is 0.880. The van der Waals surface area contributed by atoms with Crippen LogP contribution in [0.15, 0.2) is 303 Å². The molecule has 0 fully saturated rings. The minimum atomic E-state index is -0.260. The Morgan fingerprint density at radius 1 is 0.224 bits per heavy atom. The van der Waals surface area contributed by atoms with Crippen LogP contribution in [0.3, 0.4) is 0 Å². The summed E-state index contributed by atoms with van der Waals surface area (Å²) in [6.07, 6.45) is 0. The second-order valence-electron chi connectivity index (χ2n) is 26.9. The van der Waals surface area contributed by atoms with Gasteiger partial charge in [0.2, 0.25) is 0 Å². The van der Waals surface area contributed by atoms with Crippen LogP contribution in [0.25, 0.3) is 168 Å². The Kier molecular flexibility index (Phi) is 12.8. The first kappa shape index (κ1) is 57.0. The van der Waals surface area contributed by atoms with Crippen LogP contribution < -0.4 is 0 Å². The Bertz CT molecular complexity index is 5620. The molecular formula is C90H62N8. The van der Waals surface area contributed by atoms with Crippen molar-refractivity contribution in [2.75, 3.05) is 0 Å². The summed E-state index contributed by atoms with van der Waals surface area (Å²) in [4.78, 5) is 31.6. The molecule has 0 aliphatic heterocycles. The predicted molar refractivity (Wildman–Crippen MR) is 401 cm³/mol. The third-order valence-corrected chi connectivity index (χ3v) is 20.6. The largest absolute Gasteiger partial charge is 0.309 e. The van der Waals surface area contributed by atoms with Gasteiger partial charge in [0.15, 0.2) is 34.9 Å². The lowest BCUT2D eigenvalue weighted by molar-refractivity contribution is 0.666. The normalized spacial score (nSPS) is 13.3. The number of nitrogens with zero attached hydrogens (tertiary/aromatic N) is 8. The molecule has 4 aromatic heterocycles. The maximum atomic E-state index is 5.34. The zero-order valence-electron chi connectivity index (χ0n) is 54.4. The summed E-state index contributed by atoms with van der Waals surface area (Å²) in [7, 11) is 0. The van der Waals surface area contributed by atoms with Crippen LogP contribution in [0.2, 0.25) is 0 Å². The van der Waals surface area contributed by atoms with Crippen molar-refractivity contribution in [3.8, 4) is 124 Å². The van der Waals surface area contributed by atoms with Crippen molar-refractivity contribution in [1.29, 1.82) is 0 Å². The summed E-state index contributed by atoms with van der Waals surface area (Å²) in [5.74, 6) is 3.54. The molecule has 0 radical (unpaired) electrons. The van der Waals surface area contributed by atoms with Gasteiger partial charge >= 0.3 is 0 Å². The Labute approximate surface area is 567 Å². The van der Waals surface area contributed by atoms with E-state index >= 15 is 0 Å². The molecule has 0 N–H and O–H groups in total. The zero-order chi connectivity index (χ0) is 65.4. The molecule has 2 aliphatic carbocycles. The molecule has 462 valence electrons. The molecule has 4 heterocycles. The molecule has 0 amide bonds. The molecule has 98 heavy (non-hydrogen) atoms. The number of fused-ring (bicyclic) bond motifs is 14. The van der Waals surface area contributed by atoms with Crippen molar-refractivity contribution < 1.29 is 0 Å². The van der Waals surface area contributed by atoms with Crippen molar-refractivity contribution in [3.05, 3.63) is 326 Å². The first-order valence-corrected chi connectivity index (χ1v) is 33.6. The third kappa shape index (κ3) is 8.84. The smallest absolute Gasteiger partial charge is 0.164 e. The van der Waals surface area contributed by atoms with Gasteiger partial charge < -0.3 is 9.13 Å². The van der Waals surface area contributed by atoms with E-state index in [1.807, 2.05) is 72.8 Å². The zero-order valence-corrected chi connectivity index (χ0v) is 54.4. The van der Waals surface area contributed by atoms with E-state index in [1.165, 1.54) is 66.1 Å². The SMILES string of the molecule is CC1(C)c2ccccc2-c2ccc3c(c21)c1ccccc1n3-c1ccc(-c2nc(-c3ccccc3)nc(-c3ccccc3)n2)cc1-c1cccc(-c2cc(-c3nc(-c4ccccc4)nc(-c4ccccc4)n3)ccc2-n2c3ccccc3c3c4c(ccc32)-c2ccccc2C4(C)C)c1. The van der Waals surface area contributed by atoms with Crippen LogP contribution >= 0.6 is 0 Å². The molecule has 0 spiro atoms. The van der Waals surface area contributed by atoms with Crippen molar-refractivity contribution >= 4 is 43.6 Å². The second kappa shape index (κ2) is 22.0. The summed E-state index contributed by atoms with van der Waals surface area (Å²) in [6.45, 7) is 9.54. The lowest BCUT2D eigenvalue weighted by Crippen LogP contribution is -2.15. The van der Waals surface area contributed by atoms with Crippen LogP contribution in [0.1, 0.15) is 49.9 Å². The highest BCUT2D eigenvalue weighted by Crippen LogP contribution is 2.56.